The monoisotopic (exact) mass is 437 g/mol. The molecule has 0 unspecified atom stereocenters. The summed E-state index contributed by atoms with van der Waals surface area (Å²) < 4.78 is 76.5. The zero-order valence-electron chi connectivity index (χ0n) is 15.6. The Morgan fingerprint density at radius 2 is 1.69 bits per heavy atom. The van der Waals surface area contributed by atoms with Crippen LogP contribution in [0.5, 0.6) is 5.75 Å². The van der Waals surface area contributed by atoms with E-state index in [1.165, 1.54) is 30.0 Å². The summed E-state index contributed by atoms with van der Waals surface area (Å²) in [5.41, 5.74) is -5.74. The first-order valence-electron chi connectivity index (χ1n) is 7.74. The predicted molar refractivity (Wildman–Crippen MR) is 96.6 cm³/mol. The van der Waals surface area contributed by atoms with Crippen molar-refractivity contribution >= 4 is 27.6 Å². The maximum atomic E-state index is 12.7. The van der Waals surface area contributed by atoms with Gasteiger partial charge in [-0.25, -0.2) is 9.59 Å². The fourth-order valence-corrected chi connectivity index (χ4v) is 2.58. The van der Waals surface area contributed by atoms with Crippen LogP contribution in [0.15, 0.2) is 42.0 Å². The Morgan fingerprint density at radius 1 is 1.07 bits per heavy atom. The highest BCUT2D eigenvalue weighted by Gasteiger charge is 2.46. The molecule has 160 valence electrons. The van der Waals surface area contributed by atoms with Crippen LogP contribution >= 0.6 is 0 Å². The lowest BCUT2D eigenvalue weighted by Crippen LogP contribution is -2.30. The maximum Gasteiger partial charge on any atom is 0.516 e. The molecule has 0 saturated heterocycles. The van der Waals surface area contributed by atoms with Gasteiger partial charge in [-0.05, 0) is 35.8 Å². The van der Waals surface area contributed by atoms with E-state index in [9.17, 15) is 31.2 Å². The van der Waals surface area contributed by atoms with Crippen molar-refractivity contribution in [3.63, 3.8) is 0 Å². The summed E-state index contributed by atoms with van der Waals surface area (Å²) in [6.45, 7) is 0. The summed E-state index contributed by atoms with van der Waals surface area (Å²) in [5.74, 6) is -1.32. The molecule has 8 nitrogen and oxygen atoms in total. The van der Waals surface area contributed by atoms with E-state index in [1.54, 1.807) is 0 Å². The molecule has 0 fully saturated rings. The Balaban J connectivity index is 3.40. The fraction of sp³-hybridized carbons (Fsp3) is 0.294. The number of hydrogen-bond donors (Lipinski definition) is 1. The number of hydrogen-bond acceptors (Lipinski definition) is 7. The van der Waals surface area contributed by atoms with Crippen LogP contribution in [0.2, 0.25) is 0 Å². The van der Waals surface area contributed by atoms with Crippen LogP contribution in [0.4, 0.5) is 18.9 Å². The minimum Gasteiger partial charge on any atom is -0.497 e. The SMILES string of the molecule is COC(=O)/C=C(\C=C\C(=O)OC)Cc1cc(OC)ccc1NS(=O)(=O)C(F)(F)F. The van der Waals surface area contributed by atoms with Crippen molar-refractivity contribution in [3.8, 4) is 5.75 Å². The molecule has 1 rings (SSSR count). The number of rotatable bonds is 8. The number of alkyl halides is 3. The molecule has 12 heteroatoms. The maximum absolute atomic E-state index is 12.7. The van der Waals surface area contributed by atoms with Crippen molar-refractivity contribution in [3.05, 3.63) is 47.6 Å². The fourth-order valence-electron chi connectivity index (χ4n) is 1.98. The van der Waals surface area contributed by atoms with Gasteiger partial charge in [0.05, 0.1) is 27.0 Å². The average Bonchev–Trinajstić information content (AvgIpc) is 2.65. The van der Waals surface area contributed by atoms with Gasteiger partial charge < -0.3 is 14.2 Å². The lowest BCUT2D eigenvalue weighted by molar-refractivity contribution is -0.135. The minimum absolute atomic E-state index is 0.0434. The highest BCUT2D eigenvalue weighted by Crippen LogP contribution is 2.30. The molecule has 0 radical (unpaired) electrons. The Hall–Kier alpha value is -3.02. The third-order valence-electron chi connectivity index (χ3n) is 3.40. The molecule has 0 amide bonds. The molecule has 0 spiro atoms. The number of nitrogens with one attached hydrogen (secondary N) is 1. The van der Waals surface area contributed by atoms with Crippen LogP contribution < -0.4 is 9.46 Å². The molecule has 0 atom stereocenters. The normalized spacial score (nSPS) is 12.6. The van der Waals surface area contributed by atoms with Crippen LogP contribution in [-0.2, 0) is 35.5 Å². The van der Waals surface area contributed by atoms with Crippen LogP contribution in [-0.4, -0.2) is 47.2 Å². The standard InChI is InChI=1S/C17H18F3NO7S/c1-26-13-5-6-14(21-29(24,25)17(18,19)20)12(10-13)8-11(9-16(23)28-3)4-7-15(22)27-2/h4-7,9-10,21H,8H2,1-3H3/b7-4+,11-9+. The summed E-state index contributed by atoms with van der Waals surface area (Å²) in [4.78, 5) is 22.9. The molecule has 0 aliphatic carbocycles. The van der Waals surface area contributed by atoms with Crippen LogP contribution in [0.3, 0.4) is 0 Å². The van der Waals surface area contributed by atoms with Crippen LogP contribution in [0.25, 0.3) is 0 Å². The second-order valence-corrected chi connectivity index (χ2v) is 7.02. The van der Waals surface area contributed by atoms with Crippen LogP contribution in [0, 0.1) is 0 Å². The summed E-state index contributed by atoms with van der Waals surface area (Å²) in [6.07, 6.45) is 2.91. The van der Waals surface area contributed by atoms with Crippen molar-refractivity contribution in [1.29, 1.82) is 0 Å². The first-order chi connectivity index (χ1) is 13.4. The number of ether oxygens (including phenoxy) is 3. The third kappa shape index (κ3) is 7.14. The zero-order chi connectivity index (χ0) is 22.2. The van der Waals surface area contributed by atoms with Crippen molar-refractivity contribution in [2.24, 2.45) is 0 Å². The number of anilines is 1. The molecule has 0 aromatic heterocycles. The molecule has 0 saturated carbocycles. The summed E-state index contributed by atoms with van der Waals surface area (Å²) in [5, 5.41) is 0. The molecule has 0 heterocycles. The van der Waals surface area contributed by atoms with Gasteiger partial charge in [0.2, 0.25) is 0 Å². The van der Waals surface area contributed by atoms with Gasteiger partial charge in [-0.1, -0.05) is 6.08 Å². The van der Waals surface area contributed by atoms with Crippen molar-refractivity contribution in [1.82, 2.24) is 0 Å². The molecule has 1 aromatic carbocycles. The quantitative estimate of drug-likeness (QED) is 0.378. The third-order valence-corrected chi connectivity index (χ3v) is 4.49. The van der Waals surface area contributed by atoms with Crippen LogP contribution in [0.1, 0.15) is 5.56 Å². The van der Waals surface area contributed by atoms with Crippen molar-refractivity contribution in [2.45, 2.75) is 11.9 Å². The van der Waals surface area contributed by atoms with Gasteiger partial charge in [0.1, 0.15) is 5.75 Å². The topological polar surface area (TPSA) is 108 Å². The van der Waals surface area contributed by atoms with E-state index < -0.39 is 27.5 Å². The number of sulfonamides is 1. The Kier molecular flexibility index (Phi) is 8.25. The minimum atomic E-state index is -5.68. The van der Waals surface area contributed by atoms with Gasteiger partial charge in [-0.2, -0.15) is 21.6 Å². The molecule has 0 bridgehead atoms. The van der Waals surface area contributed by atoms with Crippen molar-refractivity contribution < 1.29 is 45.4 Å². The highest BCUT2D eigenvalue weighted by atomic mass is 32.2. The zero-order valence-corrected chi connectivity index (χ0v) is 16.4. The molecule has 29 heavy (non-hydrogen) atoms. The Bertz CT molecular complexity index is 921. The lowest BCUT2D eigenvalue weighted by atomic mass is 10.0. The first-order valence-corrected chi connectivity index (χ1v) is 9.22. The number of esters is 2. The number of carbonyl (C=O) groups excluding carboxylic acids is 2. The molecule has 0 aliphatic rings. The molecule has 1 aromatic rings. The van der Waals surface area contributed by atoms with E-state index in [0.717, 1.165) is 32.4 Å². The molecular formula is C17H18F3NO7S. The van der Waals surface area contributed by atoms with E-state index in [0.29, 0.717) is 0 Å². The summed E-state index contributed by atoms with van der Waals surface area (Å²) in [7, 11) is -2.14. The number of benzene rings is 1. The van der Waals surface area contributed by atoms with Gasteiger partial charge in [0, 0.05) is 12.2 Å². The van der Waals surface area contributed by atoms with Gasteiger partial charge >= 0.3 is 27.5 Å². The smallest absolute Gasteiger partial charge is 0.497 e. The molecule has 1 N–H and O–H groups in total. The second-order valence-electron chi connectivity index (χ2n) is 5.35. The van der Waals surface area contributed by atoms with E-state index in [4.69, 9.17) is 4.74 Å². The van der Waals surface area contributed by atoms with E-state index in [1.807, 2.05) is 0 Å². The van der Waals surface area contributed by atoms with Gasteiger partial charge in [-0.3, -0.25) is 4.72 Å². The summed E-state index contributed by atoms with van der Waals surface area (Å²) >= 11 is 0. The highest BCUT2D eigenvalue weighted by molar-refractivity contribution is 7.93. The van der Waals surface area contributed by atoms with E-state index in [2.05, 4.69) is 9.47 Å². The average molecular weight is 437 g/mol. The van der Waals surface area contributed by atoms with E-state index >= 15 is 0 Å². The Morgan fingerprint density at radius 3 is 2.21 bits per heavy atom. The lowest BCUT2D eigenvalue weighted by Gasteiger charge is -2.15. The summed E-state index contributed by atoms with van der Waals surface area (Å²) in [6, 6.07) is 3.62. The Labute approximate surface area is 165 Å². The van der Waals surface area contributed by atoms with Gasteiger partial charge in [0.15, 0.2) is 0 Å². The van der Waals surface area contributed by atoms with E-state index in [-0.39, 0.29) is 29.0 Å². The number of carbonyl (C=O) groups is 2. The number of halogens is 3. The molecule has 0 aliphatic heterocycles. The number of methoxy groups -OCH3 is 3. The first kappa shape index (κ1) is 24.0. The van der Waals surface area contributed by atoms with Crippen molar-refractivity contribution in [2.75, 3.05) is 26.1 Å². The number of allylic oxidation sites excluding steroid dienone is 2. The predicted octanol–water partition coefficient (Wildman–Crippen LogP) is 2.33. The van der Waals surface area contributed by atoms with Gasteiger partial charge in [-0.15, -0.1) is 0 Å². The largest absolute Gasteiger partial charge is 0.516 e. The van der Waals surface area contributed by atoms with Gasteiger partial charge in [0.25, 0.3) is 0 Å². The molecular weight excluding hydrogens is 419 g/mol. The second kappa shape index (κ2) is 9.96.